The van der Waals surface area contributed by atoms with Crippen LogP contribution < -0.4 is 5.32 Å². The first-order chi connectivity index (χ1) is 7.41. The number of carbonyl (C=O) groups is 1. The van der Waals surface area contributed by atoms with E-state index in [9.17, 15) is 15.0 Å². The normalized spacial score (nSPS) is 15.6. The monoisotopic (exact) mass is 231 g/mol. The molecule has 16 heavy (non-hydrogen) atoms. The van der Waals surface area contributed by atoms with Crippen molar-refractivity contribution in [2.24, 2.45) is 0 Å². The lowest BCUT2D eigenvalue weighted by atomic mass is 9.75. The summed E-state index contributed by atoms with van der Waals surface area (Å²) in [7, 11) is 1.48. The fraction of sp³-hybridized carbons (Fsp3) is 0.917. The van der Waals surface area contributed by atoms with Gasteiger partial charge in [0.1, 0.15) is 5.60 Å². The van der Waals surface area contributed by atoms with Crippen LogP contribution in [0.3, 0.4) is 0 Å². The molecule has 0 aliphatic heterocycles. The summed E-state index contributed by atoms with van der Waals surface area (Å²) in [6.07, 6.45) is 2.60. The second kappa shape index (κ2) is 6.21. The van der Waals surface area contributed by atoms with Crippen LogP contribution in [0.15, 0.2) is 0 Å². The first kappa shape index (κ1) is 15.4. The van der Waals surface area contributed by atoms with Crippen LogP contribution in [0, 0.1) is 0 Å². The number of amides is 1. The van der Waals surface area contributed by atoms with Crippen molar-refractivity contribution in [1.82, 2.24) is 5.32 Å². The van der Waals surface area contributed by atoms with E-state index in [2.05, 4.69) is 5.32 Å². The van der Waals surface area contributed by atoms with Gasteiger partial charge in [-0.2, -0.15) is 0 Å². The molecule has 96 valence electrons. The highest BCUT2D eigenvalue weighted by Crippen LogP contribution is 2.33. The molecule has 0 spiro atoms. The van der Waals surface area contributed by atoms with Crippen molar-refractivity contribution in [1.29, 1.82) is 0 Å². The number of hydrogen-bond donors (Lipinski definition) is 3. The second-order valence-corrected chi connectivity index (χ2v) is 4.28. The van der Waals surface area contributed by atoms with Gasteiger partial charge in [0.05, 0.1) is 0 Å². The summed E-state index contributed by atoms with van der Waals surface area (Å²) in [4.78, 5) is 11.8. The molecule has 4 heteroatoms. The standard InChI is InChI=1S/C12H25NO3/c1-5-8-9-12(16,10(14)13-4)11(15,6-2)7-3/h15-16H,5-9H2,1-4H3,(H,13,14). The van der Waals surface area contributed by atoms with Gasteiger partial charge in [0, 0.05) is 7.05 Å². The number of nitrogens with one attached hydrogen (secondary N) is 1. The lowest BCUT2D eigenvalue weighted by Crippen LogP contribution is -2.62. The first-order valence-corrected chi connectivity index (χ1v) is 6.08. The van der Waals surface area contributed by atoms with E-state index in [1.165, 1.54) is 7.05 Å². The van der Waals surface area contributed by atoms with E-state index in [0.717, 1.165) is 6.42 Å². The van der Waals surface area contributed by atoms with Crippen LogP contribution in [0.2, 0.25) is 0 Å². The zero-order valence-corrected chi connectivity index (χ0v) is 10.8. The molecule has 3 N–H and O–H groups in total. The molecule has 0 radical (unpaired) electrons. The average Bonchev–Trinajstić information content (AvgIpc) is 2.33. The SMILES string of the molecule is CCCCC(O)(C(=O)NC)C(O)(CC)CC. The molecule has 0 aromatic heterocycles. The zero-order chi connectivity index (χ0) is 12.8. The van der Waals surface area contributed by atoms with Gasteiger partial charge >= 0.3 is 0 Å². The predicted molar refractivity (Wildman–Crippen MR) is 64.1 cm³/mol. The van der Waals surface area contributed by atoms with Gasteiger partial charge in [0.2, 0.25) is 0 Å². The molecule has 0 fully saturated rings. The summed E-state index contributed by atoms with van der Waals surface area (Å²) in [5.74, 6) is -0.493. The minimum Gasteiger partial charge on any atom is -0.386 e. The number of carbonyl (C=O) groups excluding carboxylic acids is 1. The molecule has 1 unspecified atom stereocenters. The molecule has 0 rings (SSSR count). The summed E-state index contributed by atoms with van der Waals surface area (Å²) >= 11 is 0. The fourth-order valence-electron chi connectivity index (χ4n) is 2.03. The zero-order valence-electron chi connectivity index (χ0n) is 10.8. The molecule has 0 bridgehead atoms. The average molecular weight is 231 g/mol. The van der Waals surface area contributed by atoms with Crippen molar-refractivity contribution in [3.05, 3.63) is 0 Å². The summed E-state index contributed by atoms with van der Waals surface area (Å²) in [6, 6.07) is 0. The largest absolute Gasteiger partial charge is 0.386 e. The summed E-state index contributed by atoms with van der Waals surface area (Å²) in [5.41, 5.74) is -3.02. The van der Waals surface area contributed by atoms with Crippen LogP contribution in [-0.4, -0.2) is 34.4 Å². The Bertz CT molecular complexity index is 226. The molecule has 1 amide bonds. The Morgan fingerprint density at radius 3 is 2.00 bits per heavy atom. The van der Waals surface area contributed by atoms with E-state index in [0.29, 0.717) is 25.7 Å². The maximum atomic E-state index is 11.8. The van der Waals surface area contributed by atoms with Gasteiger partial charge in [-0.3, -0.25) is 4.79 Å². The quantitative estimate of drug-likeness (QED) is 0.616. The molecule has 0 aliphatic carbocycles. The maximum Gasteiger partial charge on any atom is 0.254 e. The molecule has 0 heterocycles. The molecule has 0 saturated carbocycles. The lowest BCUT2D eigenvalue weighted by molar-refractivity contribution is -0.180. The Labute approximate surface area is 98.1 Å². The second-order valence-electron chi connectivity index (χ2n) is 4.28. The van der Waals surface area contributed by atoms with Gasteiger partial charge in [-0.15, -0.1) is 0 Å². The summed E-state index contributed by atoms with van der Waals surface area (Å²) < 4.78 is 0. The molecule has 0 aromatic rings. The molecule has 0 aromatic carbocycles. The molecule has 0 saturated heterocycles. The summed E-state index contributed by atoms with van der Waals surface area (Å²) in [5, 5.41) is 23.3. The first-order valence-electron chi connectivity index (χ1n) is 6.08. The van der Waals surface area contributed by atoms with E-state index >= 15 is 0 Å². The van der Waals surface area contributed by atoms with Gasteiger partial charge in [-0.05, 0) is 19.3 Å². The third kappa shape index (κ3) is 2.74. The van der Waals surface area contributed by atoms with Crippen molar-refractivity contribution in [2.45, 2.75) is 64.1 Å². The van der Waals surface area contributed by atoms with Crippen LogP contribution in [0.1, 0.15) is 52.9 Å². The minimum absolute atomic E-state index is 0.293. The van der Waals surface area contributed by atoms with Crippen molar-refractivity contribution < 1.29 is 15.0 Å². The molecule has 4 nitrogen and oxygen atoms in total. The number of rotatable bonds is 7. The van der Waals surface area contributed by atoms with Gasteiger partial charge < -0.3 is 15.5 Å². The van der Waals surface area contributed by atoms with E-state index in [1.54, 1.807) is 13.8 Å². The lowest BCUT2D eigenvalue weighted by Gasteiger charge is -2.41. The van der Waals surface area contributed by atoms with Gasteiger partial charge in [-0.25, -0.2) is 0 Å². The van der Waals surface area contributed by atoms with E-state index in [-0.39, 0.29) is 0 Å². The Kier molecular flexibility index (Phi) is 5.97. The molecule has 1 atom stereocenters. The topological polar surface area (TPSA) is 69.6 Å². The number of likely N-dealkylation sites (N-methyl/N-ethyl adjacent to an activating group) is 1. The van der Waals surface area contributed by atoms with Crippen LogP contribution in [-0.2, 0) is 4.79 Å². The highest BCUT2D eigenvalue weighted by atomic mass is 16.4. The van der Waals surface area contributed by atoms with Crippen molar-refractivity contribution in [3.63, 3.8) is 0 Å². The number of aliphatic hydroxyl groups is 2. The maximum absolute atomic E-state index is 11.8. The number of hydrogen-bond acceptors (Lipinski definition) is 3. The van der Waals surface area contributed by atoms with Crippen molar-refractivity contribution in [2.75, 3.05) is 7.05 Å². The van der Waals surface area contributed by atoms with Crippen molar-refractivity contribution in [3.8, 4) is 0 Å². The Hall–Kier alpha value is -0.610. The Morgan fingerprint density at radius 2 is 1.69 bits per heavy atom. The van der Waals surface area contributed by atoms with E-state index < -0.39 is 17.1 Å². The Morgan fingerprint density at radius 1 is 1.19 bits per heavy atom. The third-order valence-corrected chi connectivity index (χ3v) is 3.43. The molecular weight excluding hydrogens is 206 g/mol. The molecule has 0 aliphatic rings. The van der Waals surface area contributed by atoms with Crippen LogP contribution >= 0.6 is 0 Å². The fourth-order valence-corrected chi connectivity index (χ4v) is 2.03. The van der Waals surface area contributed by atoms with Gasteiger partial charge in [0.15, 0.2) is 5.60 Å². The highest BCUT2D eigenvalue weighted by Gasteiger charge is 2.51. The smallest absolute Gasteiger partial charge is 0.254 e. The Balaban J connectivity index is 5.11. The predicted octanol–water partition coefficient (Wildman–Crippen LogP) is 1.20. The third-order valence-electron chi connectivity index (χ3n) is 3.43. The van der Waals surface area contributed by atoms with Gasteiger partial charge in [-0.1, -0.05) is 33.6 Å². The molecular formula is C12H25NO3. The van der Waals surface area contributed by atoms with Crippen LogP contribution in [0.4, 0.5) is 0 Å². The van der Waals surface area contributed by atoms with E-state index in [1.807, 2.05) is 6.92 Å². The van der Waals surface area contributed by atoms with Crippen molar-refractivity contribution >= 4 is 5.91 Å². The van der Waals surface area contributed by atoms with E-state index in [4.69, 9.17) is 0 Å². The number of unbranched alkanes of at least 4 members (excludes halogenated alkanes) is 1. The van der Waals surface area contributed by atoms with Crippen LogP contribution in [0.5, 0.6) is 0 Å². The van der Waals surface area contributed by atoms with Gasteiger partial charge in [0.25, 0.3) is 5.91 Å². The highest BCUT2D eigenvalue weighted by molar-refractivity contribution is 5.86. The summed E-state index contributed by atoms with van der Waals surface area (Å²) in [6.45, 7) is 5.55. The minimum atomic E-state index is -1.68. The van der Waals surface area contributed by atoms with Crippen LogP contribution in [0.25, 0.3) is 0 Å².